The predicted octanol–water partition coefficient (Wildman–Crippen LogP) is 2.67. The predicted molar refractivity (Wildman–Crippen MR) is 59.5 cm³/mol. The summed E-state index contributed by atoms with van der Waals surface area (Å²) in [5.74, 6) is 0.496. The van der Waals surface area contributed by atoms with Gasteiger partial charge in [0.1, 0.15) is 5.76 Å². The van der Waals surface area contributed by atoms with Gasteiger partial charge in [0.2, 0.25) is 0 Å². The van der Waals surface area contributed by atoms with Crippen LogP contribution in [-0.2, 0) is 5.75 Å². The van der Waals surface area contributed by atoms with E-state index < -0.39 is 5.97 Å². The van der Waals surface area contributed by atoms with Gasteiger partial charge >= 0.3 is 5.97 Å². The summed E-state index contributed by atoms with van der Waals surface area (Å²) in [5, 5.41) is 12.4. The maximum Gasteiger partial charge on any atom is 0.335 e. The highest BCUT2D eigenvalue weighted by Crippen LogP contribution is 2.23. The molecule has 5 heteroatoms. The molecule has 0 aliphatic carbocycles. The molecule has 1 N–H and O–H groups in total. The second kappa shape index (κ2) is 4.85. The van der Waals surface area contributed by atoms with E-state index in [0.29, 0.717) is 11.3 Å². The summed E-state index contributed by atoms with van der Waals surface area (Å²) in [6, 6.07) is 8.60. The van der Waals surface area contributed by atoms with Crippen molar-refractivity contribution in [2.24, 2.45) is 0 Å². The molecule has 1 heterocycles. The number of carbonyl (C=O) groups is 1. The molecule has 2 aromatic rings. The largest absolute Gasteiger partial charge is 0.478 e. The maximum atomic E-state index is 10.7. The third-order valence-electron chi connectivity index (χ3n) is 1.95. The Labute approximate surface area is 96.3 Å². The van der Waals surface area contributed by atoms with Crippen LogP contribution in [0.15, 0.2) is 45.9 Å². The number of aromatic carboxylic acids is 1. The Morgan fingerprint density at radius 3 is 3.00 bits per heavy atom. The molecule has 0 radical (unpaired) electrons. The van der Waals surface area contributed by atoms with Gasteiger partial charge in [0.05, 0.1) is 17.5 Å². The molecule has 4 nitrogen and oxygen atoms in total. The lowest BCUT2D eigenvalue weighted by Crippen LogP contribution is -1.95. The summed E-state index contributed by atoms with van der Waals surface area (Å²) in [5.41, 5.74) is 0.294. The van der Waals surface area contributed by atoms with Crippen LogP contribution >= 0.6 is 11.8 Å². The van der Waals surface area contributed by atoms with E-state index >= 15 is 0 Å². The van der Waals surface area contributed by atoms with Crippen molar-refractivity contribution in [1.82, 2.24) is 5.16 Å². The van der Waals surface area contributed by atoms with Gasteiger partial charge in [-0.3, -0.25) is 0 Å². The summed E-state index contributed by atoms with van der Waals surface area (Å²) in [6.45, 7) is 0. The Kier molecular flexibility index (Phi) is 3.26. The van der Waals surface area contributed by atoms with E-state index in [9.17, 15) is 4.79 Å². The van der Waals surface area contributed by atoms with E-state index in [1.807, 2.05) is 6.07 Å². The lowest BCUT2D eigenvalue weighted by atomic mass is 10.2. The molecule has 0 amide bonds. The van der Waals surface area contributed by atoms with E-state index in [4.69, 9.17) is 9.63 Å². The average molecular weight is 235 g/mol. The van der Waals surface area contributed by atoms with Crippen molar-refractivity contribution < 1.29 is 14.4 Å². The third kappa shape index (κ3) is 2.64. The molecule has 0 spiro atoms. The first-order valence-corrected chi connectivity index (χ1v) is 5.60. The fourth-order valence-corrected chi connectivity index (χ4v) is 2.03. The summed E-state index contributed by atoms with van der Waals surface area (Å²) in [4.78, 5) is 11.6. The molecule has 0 fully saturated rings. The smallest absolute Gasteiger partial charge is 0.335 e. The molecule has 0 atom stereocenters. The highest BCUT2D eigenvalue weighted by molar-refractivity contribution is 7.98. The van der Waals surface area contributed by atoms with Gasteiger partial charge in [-0.2, -0.15) is 0 Å². The molecular formula is C11H9NO3S. The summed E-state index contributed by atoms with van der Waals surface area (Å²) >= 11 is 1.51. The lowest BCUT2D eigenvalue weighted by Gasteiger charge is -2.00. The average Bonchev–Trinajstić information content (AvgIpc) is 2.79. The Bertz CT molecular complexity index is 482. The summed E-state index contributed by atoms with van der Waals surface area (Å²) in [7, 11) is 0. The van der Waals surface area contributed by atoms with Crippen molar-refractivity contribution in [3.63, 3.8) is 0 Å². The van der Waals surface area contributed by atoms with Crippen molar-refractivity contribution in [2.45, 2.75) is 10.6 Å². The minimum absolute atomic E-state index is 0.294. The minimum Gasteiger partial charge on any atom is -0.478 e. The van der Waals surface area contributed by atoms with Crippen molar-refractivity contribution in [1.29, 1.82) is 0 Å². The van der Waals surface area contributed by atoms with Gasteiger partial charge in [0.15, 0.2) is 0 Å². The van der Waals surface area contributed by atoms with Crippen LogP contribution in [0.1, 0.15) is 16.1 Å². The number of nitrogens with zero attached hydrogens (tertiary/aromatic N) is 1. The van der Waals surface area contributed by atoms with E-state index in [1.165, 1.54) is 11.8 Å². The van der Waals surface area contributed by atoms with Crippen molar-refractivity contribution >= 4 is 17.7 Å². The van der Waals surface area contributed by atoms with E-state index in [1.54, 1.807) is 30.5 Å². The van der Waals surface area contributed by atoms with E-state index in [0.717, 1.165) is 10.7 Å². The molecule has 0 bridgehead atoms. The molecule has 82 valence electrons. The number of carboxylic acids is 1. The van der Waals surface area contributed by atoms with Crippen LogP contribution < -0.4 is 0 Å². The fraction of sp³-hybridized carbons (Fsp3) is 0.0909. The zero-order valence-corrected chi connectivity index (χ0v) is 9.11. The zero-order valence-electron chi connectivity index (χ0n) is 8.29. The monoisotopic (exact) mass is 235 g/mol. The molecule has 1 aromatic carbocycles. The van der Waals surface area contributed by atoms with E-state index in [-0.39, 0.29) is 0 Å². The van der Waals surface area contributed by atoms with Gasteiger partial charge < -0.3 is 9.63 Å². The Morgan fingerprint density at radius 2 is 2.31 bits per heavy atom. The summed E-state index contributed by atoms with van der Waals surface area (Å²) < 4.78 is 4.95. The first-order chi connectivity index (χ1) is 7.75. The third-order valence-corrected chi connectivity index (χ3v) is 2.97. The van der Waals surface area contributed by atoms with Crippen LogP contribution in [0.2, 0.25) is 0 Å². The van der Waals surface area contributed by atoms with Gasteiger partial charge in [0, 0.05) is 11.0 Å². The number of aromatic nitrogens is 1. The molecule has 0 aliphatic rings. The minimum atomic E-state index is -0.915. The van der Waals surface area contributed by atoms with Crippen LogP contribution in [0.4, 0.5) is 0 Å². The first-order valence-electron chi connectivity index (χ1n) is 4.61. The van der Waals surface area contributed by atoms with Crippen LogP contribution in [-0.4, -0.2) is 16.2 Å². The Morgan fingerprint density at radius 1 is 1.44 bits per heavy atom. The SMILES string of the molecule is O=C(O)c1cccc(SCc2ccno2)c1. The highest BCUT2D eigenvalue weighted by atomic mass is 32.2. The molecule has 0 saturated carbocycles. The molecule has 0 unspecified atom stereocenters. The Hall–Kier alpha value is -1.75. The second-order valence-corrected chi connectivity index (χ2v) is 4.15. The summed E-state index contributed by atoms with van der Waals surface area (Å²) in [6.07, 6.45) is 1.59. The first kappa shape index (κ1) is 10.8. The van der Waals surface area contributed by atoms with Crippen molar-refractivity contribution in [2.75, 3.05) is 0 Å². The lowest BCUT2D eigenvalue weighted by molar-refractivity contribution is 0.0696. The number of rotatable bonds is 4. The quantitative estimate of drug-likeness (QED) is 0.825. The number of thioether (sulfide) groups is 1. The molecule has 0 aliphatic heterocycles. The Balaban J connectivity index is 2.04. The number of benzene rings is 1. The molecule has 1 aromatic heterocycles. The van der Waals surface area contributed by atoms with Gasteiger partial charge in [0.25, 0.3) is 0 Å². The van der Waals surface area contributed by atoms with Crippen molar-refractivity contribution in [3.05, 3.63) is 47.9 Å². The van der Waals surface area contributed by atoms with Gasteiger partial charge in [-0.15, -0.1) is 11.8 Å². The molecule has 16 heavy (non-hydrogen) atoms. The number of hydrogen-bond donors (Lipinski definition) is 1. The second-order valence-electron chi connectivity index (χ2n) is 3.10. The fourth-order valence-electron chi connectivity index (χ4n) is 1.19. The van der Waals surface area contributed by atoms with Crippen LogP contribution in [0, 0.1) is 0 Å². The van der Waals surface area contributed by atoms with Crippen LogP contribution in [0.25, 0.3) is 0 Å². The van der Waals surface area contributed by atoms with Crippen molar-refractivity contribution in [3.8, 4) is 0 Å². The topological polar surface area (TPSA) is 63.3 Å². The zero-order chi connectivity index (χ0) is 11.4. The number of carboxylic acid groups (broad SMARTS) is 1. The number of hydrogen-bond acceptors (Lipinski definition) is 4. The standard InChI is InChI=1S/C11H9NO3S/c13-11(14)8-2-1-3-10(6-8)16-7-9-4-5-12-15-9/h1-6H,7H2,(H,13,14). The normalized spacial score (nSPS) is 10.2. The van der Waals surface area contributed by atoms with Gasteiger partial charge in [-0.05, 0) is 18.2 Å². The maximum absolute atomic E-state index is 10.7. The molecular weight excluding hydrogens is 226 g/mol. The van der Waals surface area contributed by atoms with E-state index in [2.05, 4.69) is 5.16 Å². The van der Waals surface area contributed by atoms with Gasteiger partial charge in [-0.25, -0.2) is 4.79 Å². The van der Waals surface area contributed by atoms with Crippen LogP contribution in [0.3, 0.4) is 0 Å². The van der Waals surface area contributed by atoms with Gasteiger partial charge in [-0.1, -0.05) is 11.2 Å². The highest BCUT2D eigenvalue weighted by Gasteiger charge is 2.04. The molecule has 0 saturated heterocycles. The molecule has 2 rings (SSSR count). The van der Waals surface area contributed by atoms with Crippen LogP contribution in [0.5, 0.6) is 0 Å².